The molecule has 0 spiro atoms. The lowest BCUT2D eigenvalue weighted by Gasteiger charge is -2.44. The number of nitrogens with zero attached hydrogens (tertiary/aromatic N) is 3. The van der Waals surface area contributed by atoms with Gasteiger partial charge in [0.25, 0.3) is 6.71 Å². The highest BCUT2D eigenvalue weighted by Crippen LogP contribution is 2.46. The molecule has 0 radical (unpaired) electrons. The van der Waals surface area contributed by atoms with Crippen LogP contribution in [-0.4, -0.2) is 6.71 Å². The molecule has 2 aliphatic heterocycles. The molecule has 9 rings (SSSR count). The van der Waals surface area contributed by atoms with Gasteiger partial charge in [0.05, 0.1) is 0 Å². The van der Waals surface area contributed by atoms with Crippen LogP contribution < -0.4 is 31.1 Å². The summed E-state index contributed by atoms with van der Waals surface area (Å²) in [4.78, 5) is 7.43. The zero-order chi connectivity index (χ0) is 40.2. The molecule has 0 unspecified atom stereocenters. The first kappa shape index (κ1) is 37.6. The topological polar surface area (TPSA) is 9.72 Å². The minimum absolute atomic E-state index is 0.0629. The predicted molar refractivity (Wildman–Crippen MR) is 252 cm³/mol. The lowest BCUT2D eigenvalue weighted by Crippen LogP contribution is -2.61. The van der Waals surface area contributed by atoms with E-state index in [1.807, 2.05) is 0 Å². The van der Waals surface area contributed by atoms with Crippen molar-refractivity contribution in [2.45, 2.75) is 79.1 Å². The van der Waals surface area contributed by atoms with Gasteiger partial charge in [0.1, 0.15) is 0 Å². The van der Waals surface area contributed by atoms with Gasteiger partial charge in [-0.2, -0.15) is 0 Å². The zero-order valence-corrected chi connectivity index (χ0v) is 35.2. The van der Waals surface area contributed by atoms with Crippen molar-refractivity contribution in [3.8, 4) is 0 Å². The molecule has 3 nitrogen and oxygen atoms in total. The summed E-state index contributed by atoms with van der Waals surface area (Å²) in [5.41, 5.74) is 20.0. The smallest absolute Gasteiger partial charge is 0.252 e. The molecule has 58 heavy (non-hydrogen) atoms. The molecule has 0 fully saturated rings. The number of hydrogen-bond donors (Lipinski definition) is 0. The highest BCUT2D eigenvalue weighted by Gasteiger charge is 2.43. The predicted octanol–water partition coefficient (Wildman–Crippen LogP) is 13.7. The first-order valence-electron chi connectivity index (χ1n) is 21.2. The van der Waals surface area contributed by atoms with Crippen molar-refractivity contribution in [3.63, 3.8) is 0 Å². The highest BCUT2D eigenvalue weighted by molar-refractivity contribution is 7.00. The van der Waals surface area contributed by atoms with Crippen LogP contribution in [0.25, 0.3) is 0 Å². The summed E-state index contributed by atoms with van der Waals surface area (Å²) in [5.74, 6) is 1.85. The standard InChI is InChI=1S/C54H54BN3/c1-35(2)39-16-24-43(25-17-39)56(44-26-18-40(19-27-44)36(3)4)47-32-33-49-53(34-47)58(46-30-22-42(23-31-46)38(7)8)52-15-11-14-51-54(52)55(49)48-12-9-10-13-50(48)57(51)45-28-20-41(21-29-45)37(5)6/h9-38H,1-8H3. The molecule has 288 valence electrons. The van der Waals surface area contributed by atoms with E-state index in [2.05, 4.69) is 228 Å². The number of hydrogen-bond acceptors (Lipinski definition) is 3. The largest absolute Gasteiger partial charge is 0.311 e. The lowest BCUT2D eigenvalue weighted by molar-refractivity contribution is 0.866. The maximum absolute atomic E-state index is 2.52. The van der Waals surface area contributed by atoms with Crippen molar-refractivity contribution < 1.29 is 0 Å². The molecule has 0 bridgehead atoms. The van der Waals surface area contributed by atoms with E-state index in [4.69, 9.17) is 0 Å². The monoisotopic (exact) mass is 755 g/mol. The van der Waals surface area contributed by atoms with Crippen LogP contribution in [0.3, 0.4) is 0 Å². The van der Waals surface area contributed by atoms with E-state index in [1.165, 1.54) is 67.1 Å². The van der Waals surface area contributed by atoms with Crippen LogP contribution in [0.4, 0.5) is 51.2 Å². The number of rotatable bonds is 9. The van der Waals surface area contributed by atoms with Crippen LogP contribution in [0.5, 0.6) is 0 Å². The average Bonchev–Trinajstić information content (AvgIpc) is 3.24. The fourth-order valence-corrected chi connectivity index (χ4v) is 9.05. The first-order chi connectivity index (χ1) is 28.1. The highest BCUT2D eigenvalue weighted by atomic mass is 15.2. The molecule has 7 aromatic rings. The molecule has 4 heteroatoms. The SMILES string of the molecule is CC(C)c1ccc(N(c2ccc(C(C)C)cc2)c2ccc3c(c2)N(c2ccc(C(C)C)cc2)c2cccc4c2B3c2ccccc2N4c2ccc(C(C)C)cc2)cc1. The Bertz CT molecular complexity index is 2520. The Morgan fingerprint density at radius 3 is 1.21 bits per heavy atom. The Hall–Kier alpha value is -6.00. The molecule has 0 aliphatic carbocycles. The minimum atomic E-state index is 0.0629. The van der Waals surface area contributed by atoms with Gasteiger partial charge >= 0.3 is 0 Å². The van der Waals surface area contributed by atoms with E-state index in [-0.39, 0.29) is 6.71 Å². The Morgan fingerprint density at radius 1 is 0.362 bits per heavy atom. The third kappa shape index (κ3) is 6.49. The normalized spacial score (nSPS) is 13.0. The van der Waals surface area contributed by atoms with Gasteiger partial charge in [-0.05, 0) is 141 Å². The molecule has 2 aliphatic rings. The molecule has 0 amide bonds. The molecule has 2 heterocycles. The van der Waals surface area contributed by atoms with Gasteiger partial charge in [0, 0.05) is 51.2 Å². The van der Waals surface area contributed by atoms with Crippen LogP contribution in [0.1, 0.15) is 101 Å². The zero-order valence-electron chi connectivity index (χ0n) is 35.2. The Labute approximate surface area is 346 Å². The van der Waals surface area contributed by atoms with E-state index in [0.717, 1.165) is 22.7 Å². The van der Waals surface area contributed by atoms with Gasteiger partial charge in [-0.15, -0.1) is 0 Å². The molecular formula is C54H54BN3. The number of anilines is 9. The maximum Gasteiger partial charge on any atom is 0.252 e. The summed E-state index contributed by atoms with van der Waals surface area (Å²) in [6.45, 7) is 18.2. The van der Waals surface area contributed by atoms with Crippen LogP contribution in [0.2, 0.25) is 0 Å². The fourth-order valence-electron chi connectivity index (χ4n) is 9.05. The second kappa shape index (κ2) is 15.1. The van der Waals surface area contributed by atoms with Gasteiger partial charge in [0.15, 0.2) is 0 Å². The molecule has 7 aromatic carbocycles. The summed E-state index contributed by atoms with van der Waals surface area (Å²) in [6, 6.07) is 59.9. The van der Waals surface area contributed by atoms with Crippen molar-refractivity contribution in [2.75, 3.05) is 14.7 Å². The number of para-hydroxylation sites is 1. The number of fused-ring (bicyclic) bond motifs is 4. The van der Waals surface area contributed by atoms with E-state index < -0.39 is 0 Å². The lowest BCUT2D eigenvalue weighted by atomic mass is 9.33. The van der Waals surface area contributed by atoms with Crippen molar-refractivity contribution in [1.82, 2.24) is 0 Å². The van der Waals surface area contributed by atoms with E-state index >= 15 is 0 Å². The Balaban J connectivity index is 1.27. The summed E-state index contributed by atoms with van der Waals surface area (Å²) >= 11 is 0. The molecule has 0 N–H and O–H groups in total. The van der Waals surface area contributed by atoms with Crippen molar-refractivity contribution in [2.24, 2.45) is 0 Å². The summed E-state index contributed by atoms with van der Waals surface area (Å²) in [6.07, 6.45) is 0. The van der Waals surface area contributed by atoms with E-state index in [9.17, 15) is 0 Å². The summed E-state index contributed by atoms with van der Waals surface area (Å²) in [5, 5.41) is 0. The Morgan fingerprint density at radius 2 is 0.741 bits per heavy atom. The van der Waals surface area contributed by atoms with Crippen molar-refractivity contribution >= 4 is 74.3 Å². The minimum Gasteiger partial charge on any atom is -0.311 e. The van der Waals surface area contributed by atoms with E-state index in [0.29, 0.717) is 23.7 Å². The second-order valence-corrected chi connectivity index (χ2v) is 17.4. The van der Waals surface area contributed by atoms with Crippen LogP contribution in [0.15, 0.2) is 158 Å². The van der Waals surface area contributed by atoms with Crippen LogP contribution in [-0.2, 0) is 0 Å². The van der Waals surface area contributed by atoms with E-state index in [1.54, 1.807) is 0 Å². The quantitative estimate of drug-likeness (QED) is 0.136. The van der Waals surface area contributed by atoms with Gasteiger partial charge in [0.2, 0.25) is 0 Å². The molecule has 0 atom stereocenters. The van der Waals surface area contributed by atoms with Gasteiger partial charge in [-0.3, -0.25) is 0 Å². The average molecular weight is 756 g/mol. The molecule has 0 saturated carbocycles. The van der Waals surface area contributed by atoms with Crippen molar-refractivity contribution in [3.05, 3.63) is 180 Å². The van der Waals surface area contributed by atoms with Crippen LogP contribution in [0, 0.1) is 0 Å². The van der Waals surface area contributed by atoms with Crippen molar-refractivity contribution in [1.29, 1.82) is 0 Å². The van der Waals surface area contributed by atoms with Gasteiger partial charge in [-0.1, -0.05) is 134 Å². The number of benzene rings is 7. The summed E-state index contributed by atoms with van der Waals surface area (Å²) < 4.78 is 0. The summed E-state index contributed by atoms with van der Waals surface area (Å²) in [7, 11) is 0. The van der Waals surface area contributed by atoms with Gasteiger partial charge in [-0.25, -0.2) is 0 Å². The Kier molecular flexibility index (Phi) is 9.76. The molecule has 0 saturated heterocycles. The van der Waals surface area contributed by atoms with Crippen LogP contribution >= 0.6 is 0 Å². The fraction of sp³-hybridized carbons (Fsp3) is 0.222. The third-order valence-corrected chi connectivity index (χ3v) is 12.4. The third-order valence-electron chi connectivity index (χ3n) is 12.4. The van der Waals surface area contributed by atoms with Gasteiger partial charge < -0.3 is 14.7 Å². The molecule has 0 aromatic heterocycles. The molecular weight excluding hydrogens is 701 g/mol. The second-order valence-electron chi connectivity index (χ2n) is 17.4. The maximum atomic E-state index is 2.52. The first-order valence-corrected chi connectivity index (χ1v) is 21.2.